The highest BCUT2D eigenvalue weighted by molar-refractivity contribution is 8.00. The maximum Gasteiger partial charge on any atom is 0.166 e. The van der Waals surface area contributed by atoms with E-state index in [9.17, 15) is 9.18 Å². The minimum Gasteiger partial charge on any atom is -0.303 e. The maximum atomic E-state index is 13.0. The molecule has 1 unspecified atom stereocenters. The minimum absolute atomic E-state index is 0.0787. The predicted molar refractivity (Wildman–Crippen MR) is 114 cm³/mol. The van der Waals surface area contributed by atoms with Crippen LogP contribution in [0.1, 0.15) is 41.6 Å². The summed E-state index contributed by atoms with van der Waals surface area (Å²) in [5.41, 5.74) is 1.97. The topological polar surface area (TPSA) is 20.3 Å². The van der Waals surface area contributed by atoms with Crippen LogP contribution < -0.4 is 0 Å². The summed E-state index contributed by atoms with van der Waals surface area (Å²) in [4.78, 5) is 16.5. The van der Waals surface area contributed by atoms with Gasteiger partial charge < -0.3 is 4.90 Å². The van der Waals surface area contributed by atoms with E-state index in [2.05, 4.69) is 41.3 Å². The molecule has 0 aliphatic carbocycles. The Balaban J connectivity index is 1.19. The van der Waals surface area contributed by atoms with Crippen LogP contribution in [0.5, 0.6) is 0 Å². The number of Topliss-reactive ketones (excluding diaryl/α,β-unsaturated/α-hetero) is 1. The molecule has 2 aliphatic heterocycles. The van der Waals surface area contributed by atoms with Crippen LogP contribution in [0.4, 0.5) is 4.39 Å². The molecular weight excluding hydrogens is 369 g/mol. The van der Waals surface area contributed by atoms with E-state index < -0.39 is 0 Å². The van der Waals surface area contributed by atoms with E-state index in [4.69, 9.17) is 0 Å². The highest BCUT2D eigenvalue weighted by atomic mass is 32.2. The zero-order chi connectivity index (χ0) is 19.3. The fourth-order valence-electron chi connectivity index (χ4n) is 4.08. The lowest BCUT2D eigenvalue weighted by Crippen LogP contribution is -2.37. The van der Waals surface area contributed by atoms with Gasteiger partial charge in [-0.2, -0.15) is 0 Å². The van der Waals surface area contributed by atoms with E-state index in [1.165, 1.54) is 35.4 Å². The number of piperidine rings is 1. The Kier molecular flexibility index (Phi) is 6.28. The van der Waals surface area contributed by atoms with Gasteiger partial charge in [0, 0.05) is 21.6 Å². The number of benzene rings is 2. The molecule has 2 aromatic carbocycles. The summed E-state index contributed by atoms with van der Waals surface area (Å²) in [7, 11) is 0. The first-order valence-corrected chi connectivity index (χ1v) is 11.0. The molecule has 1 fully saturated rings. The van der Waals surface area contributed by atoms with E-state index in [0.29, 0.717) is 10.8 Å². The van der Waals surface area contributed by atoms with E-state index in [-0.39, 0.29) is 17.5 Å². The second-order valence-corrected chi connectivity index (χ2v) is 8.96. The smallest absolute Gasteiger partial charge is 0.166 e. The van der Waals surface area contributed by atoms with E-state index in [0.717, 1.165) is 32.5 Å². The standard InChI is InChI=1S/C24H26FNOS/c25-21-10-7-19(8-11-21)24(27)20-13-16-26(17-14-20)15-3-5-22-12-9-18-4-1-2-6-23(18)28-22/h1-2,4,6-12,20,22H,3,5,13-17H2. The molecule has 4 rings (SSSR count). The van der Waals surface area contributed by atoms with Crippen molar-refractivity contribution in [3.8, 4) is 0 Å². The molecule has 0 bridgehead atoms. The molecule has 2 aromatic rings. The number of thioether (sulfide) groups is 1. The van der Waals surface area contributed by atoms with Gasteiger partial charge >= 0.3 is 0 Å². The van der Waals surface area contributed by atoms with Gasteiger partial charge in [-0.05, 0) is 81.2 Å². The van der Waals surface area contributed by atoms with Crippen LogP contribution in [0.25, 0.3) is 6.08 Å². The first kappa shape index (κ1) is 19.4. The number of hydrogen-bond donors (Lipinski definition) is 0. The molecule has 146 valence electrons. The number of ketones is 1. The third-order valence-corrected chi connectivity index (χ3v) is 7.06. The van der Waals surface area contributed by atoms with Gasteiger partial charge in [-0.1, -0.05) is 30.4 Å². The van der Waals surface area contributed by atoms with Crippen molar-refractivity contribution in [3.05, 3.63) is 71.6 Å². The van der Waals surface area contributed by atoms with Gasteiger partial charge in [0.25, 0.3) is 0 Å². The average molecular weight is 396 g/mol. The lowest BCUT2D eigenvalue weighted by molar-refractivity contribution is 0.0839. The van der Waals surface area contributed by atoms with Gasteiger partial charge in [0.2, 0.25) is 0 Å². The fraction of sp³-hybridized carbons (Fsp3) is 0.375. The molecule has 0 saturated carbocycles. The average Bonchev–Trinajstić information content (AvgIpc) is 2.74. The molecule has 2 aliphatic rings. The summed E-state index contributed by atoms with van der Waals surface area (Å²) >= 11 is 1.97. The van der Waals surface area contributed by atoms with Crippen molar-refractivity contribution in [3.63, 3.8) is 0 Å². The zero-order valence-corrected chi connectivity index (χ0v) is 16.8. The van der Waals surface area contributed by atoms with Crippen LogP contribution in [0.3, 0.4) is 0 Å². The Morgan fingerprint density at radius 3 is 2.61 bits per heavy atom. The normalized spacial score (nSPS) is 20.1. The second kappa shape index (κ2) is 9.06. The highest BCUT2D eigenvalue weighted by Crippen LogP contribution is 2.35. The summed E-state index contributed by atoms with van der Waals surface area (Å²) in [6.45, 7) is 3.06. The summed E-state index contributed by atoms with van der Waals surface area (Å²) in [6, 6.07) is 14.5. The predicted octanol–water partition coefficient (Wildman–Crippen LogP) is 5.69. The van der Waals surface area contributed by atoms with E-state index >= 15 is 0 Å². The third kappa shape index (κ3) is 4.73. The van der Waals surface area contributed by atoms with Gasteiger partial charge in [-0.15, -0.1) is 11.8 Å². The molecule has 0 amide bonds. The summed E-state index contributed by atoms with van der Waals surface area (Å²) in [5, 5.41) is 0.562. The van der Waals surface area contributed by atoms with Crippen molar-refractivity contribution in [2.45, 2.75) is 35.8 Å². The van der Waals surface area contributed by atoms with Crippen LogP contribution in [0.2, 0.25) is 0 Å². The molecule has 4 heteroatoms. The summed E-state index contributed by atoms with van der Waals surface area (Å²) in [6.07, 6.45) is 8.76. The third-order valence-electron chi connectivity index (χ3n) is 5.74. The first-order chi connectivity index (χ1) is 13.7. The molecule has 0 radical (unpaired) electrons. The maximum absolute atomic E-state index is 13.0. The quantitative estimate of drug-likeness (QED) is 0.586. The monoisotopic (exact) mass is 395 g/mol. The summed E-state index contributed by atoms with van der Waals surface area (Å²) in [5.74, 6) is -0.0436. The zero-order valence-electron chi connectivity index (χ0n) is 16.0. The lowest BCUT2D eigenvalue weighted by Gasteiger charge is -2.31. The number of nitrogens with zero attached hydrogens (tertiary/aromatic N) is 1. The lowest BCUT2D eigenvalue weighted by atomic mass is 9.89. The Bertz CT molecular complexity index is 840. The molecule has 0 N–H and O–H groups in total. The summed E-state index contributed by atoms with van der Waals surface area (Å²) < 4.78 is 13.0. The molecule has 0 spiro atoms. The largest absolute Gasteiger partial charge is 0.303 e. The number of likely N-dealkylation sites (tertiary alicyclic amines) is 1. The Hall–Kier alpha value is -1.91. The van der Waals surface area contributed by atoms with E-state index in [1.807, 2.05) is 11.8 Å². The Morgan fingerprint density at radius 2 is 1.82 bits per heavy atom. The van der Waals surface area contributed by atoms with Crippen LogP contribution >= 0.6 is 11.8 Å². The molecule has 0 aromatic heterocycles. The van der Waals surface area contributed by atoms with Gasteiger partial charge in [-0.3, -0.25) is 4.79 Å². The van der Waals surface area contributed by atoms with Crippen LogP contribution in [0, 0.1) is 11.7 Å². The van der Waals surface area contributed by atoms with Crippen molar-refractivity contribution < 1.29 is 9.18 Å². The minimum atomic E-state index is -0.291. The molecule has 1 saturated heterocycles. The molecule has 2 heterocycles. The number of halogens is 1. The number of hydrogen-bond acceptors (Lipinski definition) is 3. The van der Waals surface area contributed by atoms with Crippen molar-refractivity contribution in [2.75, 3.05) is 19.6 Å². The van der Waals surface area contributed by atoms with Crippen molar-refractivity contribution in [2.24, 2.45) is 5.92 Å². The number of carbonyl (C=O) groups excluding carboxylic acids is 1. The van der Waals surface area contributed by atoms with Gasteiger partial charge in [-0.25, -0.2) is 4.39 Å². The fourth-order valence-corrected chi connectivity index (χ4v) is 5.28. The number of fused-ring (bicyclic) bond motifs is 1. The molecular formula is C24H26FNOS. The van der Waals surface area contributed by atoms with Gasteiger partial charge in [0.15, 0.2) is 5.78 Å². The van der Waals surface area contributed by atoms with Crippen LogP contribution in [-0.2, 0) is 0 Å². The van der Waals surface area contributed by atoms with Crippen molar-refractivity contribution >= 4 is 23.6 Å². The van der Waals surface area contributed by atoms with Crippen molar-refractivity contribution in [1.82, 2.24) is 4.90 Å². The Labute approximate surface area is 170 Å². The molecule has 2 nitrogen and oxygen atoms in total. The van der Waals surface area contributed by atoms with Crippen LogP contribution in [-0.4, -0.2) is 35.6 Å². The molecule has 1 atom stereocenters. The number of rotatable bonds is 6. The highest BCUT2D eigenvalue weighted by Gasteiger charge is 2.25. The van der Waals surface area contributed by atoms with Gasteiger partial charge in [0.1, 0.15) is 5.82 Å². The van der Waals surface area contributed by atoms with E-state index in [1.54, 1.807) is 12.1 Å². The van der Waals surface area contributed by atoms with Crippen molar-refractivity contribution in [1.29, 1.82) is 0 Å². The molecule has 28 heavy (non-hydrogen) atoms. The number of carbonyl (C=O) groups is 1. The second-order valence-electron chi connectivity index (χ2n) is 7.68. The Morgan fingerprint density at radius 1 is 1.07 bits per heavy atom. The first-order valence-electron chi connectivity index (χ1n) is 10.1. The van der Waals surface area contributed by atoms with Crippen LogP contribution in [0.15, 0.2) is 59.5 Å². The SMILES string of the molecule is O=C(c1ccc(F)cc1)C1CCN(CCCC2C=Cc3ccccc3S2)CC1. The van der Waals surface area contributed by atoms with Gasteiger partial charge in [0.05, 0.1) is 0 Å².